The van der Waals surface area contributed by atoms with Crippen molar-refractivity contribution in [3.8, 4) is 5.75 Å². The van der Waals surface area contributed by atoms with Crippen LogP contribution in [0.3, 0.4) is 0 Å². The second kappa shape index (κ2) is 9.34. The van der Waals surface area contributed by atoms with Gasteiger partial charge >= 0.3 is 5.97 Å². The van der Waals surface area contributed by atoms with E-state index in [9.17, 15) is 9.59 Å². The van der Waals surface area contributed by atoms with E-state index in [0.717, 1.165) is 6.42 Å². The van der Waals surface area contributed by atoms with Crippen LogP contribution >= 0.6 is 23.8 Å². The lowest BCUT2D eigenvalue weighted by atomic mass is 10.2. The number of ether oxygens (including phenoxy) is 1. The summed E-state index contributed by atoms with van der Waals surface area (Å²) >= 11 is 10.9. The third kappa shape index (κ3) is 5.94. The lowest BCUT2D eigenvalue weighted by Crippen LogP contribution is -2.34. The summed E-state index contributed by atoms with van der Waals surface area (Å²) in [5, 5.41) is 14.5. The Bertz CT molecular complexity index is 855. The Hall–Kier alpha value is -2.64. The van der Waals surface area contributed by atoms with Crippen molar-refractivity contribution in [1.82, 2.24) is 5.32 Å². The largest absolute Gasteiger partial charge is 0.491 e. The molecule has 0 radical (unpaired) electrons. The van der Waals surface area contributed by atoms with Gasteiger partial charge < -0.3 is 15.2 Å². The first-order valence-corrected chi connectivity index (χ1v) is 9.00. The highest BCUT2D eigenvalue weighted by molar-refractivity contribution is 7.80. The summed E-state index contributed by atoms with van der Waals surface area (Å²) in [6, 6.07) is 11.1. The topological polar surface area (TPSA) is 87.7 Å². The molecule has 0 aliphatic heterocycles. The molecule has 6 nitrogen and oxygen atoms in total. The van der Waals surface area contributed by atoms with Gasteiger partial charge in [0.05, 0.1) is 16.7 Å². The molecule has 3 N–H and O–H groups in total. The number of benzene rings is 2. The van der Waals surface area contributed by atoms with Crippen molar-refractivity contribution in [3.63, 3.8) is 0 Å². The van der Waals surface area contributed by atoms with E-state index < -0.39 is 11.9 Å². The maximum Gasteiger partial charge on any atom is 0.337 e. The highest BCUT2D eigenvalue weighted by atomic mass is 35.5. The standard InChI is InChI=1S/C19H19ClN2O4S/c1-3-11(2)26-14-7-4-12(5-8-14)17(23)22-19(27)21-13-6-9-16(20)15(10-13)18(24)25/h4-11H,3H2,1-2H3,(H,24,25)(H2,21,22,23,27)/t11-/m1/s1. The predicted molar refractivity (Wildman–Crippen MR) is 109 cm³/mol. The van der Waals surface area contributed by atoms with Gasteiger partial charge in [0.25, 0.3) is 5.91 Å². The van der Waals surface area contributed by atoms with Crippen molar-refractivity contribution in [1.29, 1.82) is 0 Å². The summed E-state index contributed by atoms with van der Waals surface area (Å²) in [4.78, 5) is 23.4. The van der Waals surface area contributed by atoms with E-state index in [0.29, 0.717) is 17.0 Å². The van der Waals surface area contributed by atoms with Crippen molar-refractivity contribution in [2.45, 2.75) is 26.4 Å². The van der Waals surface area contributed by atoms with Crippen LogP contribution in [-0.2, 0) is 0 Å². The average molecular weight is 407 g/mol. The van der Waals surface area contributed by atoms with Gasteiger partial charge in [-0.05, 0) is 68.0 Å². The molecule has 0 heterocycles. The molecule has 1 amide bonds. The predicted octanol–water partition coefficient (Wildman–Crippen LogP) is 4.34. The van der Waals surface area contributed by atoms with Crippen LogP contribution in [0.4, 0.5) is 5.69 Å². The van der Waals surface area contributed by atoms with Crippen LogP contribution in [0, 0.1) is 0 Å². The smallest absolute Gasteiger partial charge is 0.337 e. The molecule has 2 aromatic carbocycles. The van der Waals surface area contributed by atoms with Gasteiger partial charge in [-0.15, -0.1) is 0 Å². The number of aromatic carboxylic acids is 1. The minimum Gasteiger partial charge on any atom is -0.491 e. The lowest BCUT2D eigenvalue weighted by molar-refractivity contribution is 0.0697. The number of carbonyl (C=O) groups excluding carboxylic acids is 1. The van der Waals surface area contributed by atoms with Crippen LogP contribution in [-0.4, -0.2) is 28.2 Å². The molecule has 2 rings (SSSR count). The van der Waals surface area contributed by atoms with Gasteiger partial charge in [-0.3, -0.25) is 10.1 Å². The zero-order valence-electron chi connectivity index (χ0n) is 14.8. The van der Waals surface area contributed by atoms with E-state index in [1.165, 1.54) is 12.1 Å². The van der Waals surface area contributed by atoms with Gasteiger partial charge in [0, 0.05) is 11.3 Å². The molecule has 0 unspecified atom stereocenters. The summed E-state index contributed by atoms with van der Waals surface area (Å²) in [7, 11) is 0. The van der Waals surface area contributed by atoms with Crippen LogP contribution in [0.2, 0.25) is 5.02 Å². The molecule has 0 saturated heterocycles. The van der Waals surface area contributed by atoms with Gasteiger partial charge in [-0.1, -0.05) is 18.5 Å². The van der Waals surface area contributed by atoms with Crippen molar-refractivity contribution < 1.29 is 19.4 Å². The number of carboxylic acid groups (broad SMARTS) is 1. The molecular formula is C19H19ClN2O4S. The van der Waals surface area contributed by atoms with E-state index in [-0.39, 0.29) is 21.8 Å². The third-order valence-electron chi connectivity index (χ3n) is 3.71. The number of rotatable bonds is 6. The molecular weight excluding hydrogens is 388 g/mol. The lowest BCUT2D eigenvalue weighted by Gasteiger charge is -2.13. The number of thiocarbonyl (C=S) groups is 1. The highest BCUT2D eigenvalue weighted by Gasteiger charge is 2.12. The van der Waals surface area contributed by atoms with Gasteiger partial charge in [0.2, 0.25) is 0 Å². The zero-order valence-corrected chi connectivity index (χ0v) is 16.4. The molecule has 2 aromatic rings. The number of nitrogens with one attached hydrogen (secondary N) is 2. The van der Waals surface area contributed by atoms with E-state index in [4.69, 9.17) is 33.7 Å². The summed E-state index contributed by atoms with van der Waals surface area (Å²) in [6.45, 7) is 4.00. The van der Waals surface area contributed by atoms with Gasteiger partial charge in [-0.2, -0.15) is 0 Å². The Morgan fingerprint density at radius 2 is 1.89 bits per heavy atom. The Balaban J connectivity index is 1.98. The first-order chi connectivity index (χ1) is 12.8. The molecule has 1 atom stereocenters. The van der Waals surface area contributed by atoms with Crippen LogP contribution in [0.15, 0.2) is 42.5 Å². The molecule has 0 saturated carbocycles. The van der Waals surface area contributed by atoms with Gasteiger partial charge in [0.1, 0.15) is 5.75 Å². The summed E-state index contributed by atoms with van der Waals surface area (Å²) in [6.07, 6.45) is 0.979. The van der Waals surface area contributed by atoms with E-state index in [1.807, 2.05) is 13.8 Å². The summed E-state index contributed by atoms with van der Waals surface area (Å²) in [5.41, 5.74) is 0.755. The molecule has 142 valence electrons. The van der Waals surface area contributed by atoms with Crippen molar-refractivity contribution in [2.24, 2.45) is 0 Å². The van der Waals surface area contributed by atoms with Crippen molar-refractivity contribution >= 4 is 46.5 Å². The Morgan fingerprint density at radius 1 is 1.22 bits per heavy atom. The fourth-order valence-electron chi connectivity index (χ4n) is 2.11. The SMILES string of the molecule is CC[C@@H](C)Oc1ccc(C(=O)NC(=S)Nc2ccc(Cl)c(C(=O)O)c2)cc1. The van der Waals surface area contributed by atoms with Crippen LogP contribution < -0.4 is 15.4 Å². The quantitative estimate of drug-likeness (QED) is 0.618. The van der Waals surface area contributed by atoms with E-state index in [2.05, 4.69) is 10.6 Å². The average Bonchev–Trinajstić information content (AvgIpc) is 2.63. The van der Waals surface area contributed by atoms with E-state index >= 15 is 0 Å². The first-order valence-electron chi connectivity index (χ1n) is 8.22. The number of carboxylic acids is 1. The van der Waals surface area contributed by atoms with Gasteiger partial charge in [-0.25, -0.2) is 4.79 Å². The summed E-state index contributed by atoms with van der Waals surface area (Å²) < 4.78 is 5.67. The Kier molecular flexibility index (Phi) is 7.15. The number of hydrogen-bond donors (Lipinski definition) is 3. The second-order valence-corrected chi connectivity index (χ2v) is 6.58. The molecule has 8 heteroatoms. The number of carbonyl (C=O) groups is 2. The van der Waals surface area contributed by atoms with Gasteiger partial charge in [0.15, 0.2) is 5.11 Å². The molecule has 0 aliphatic rings. The molecule has 0 bridgehead atoms. The fourth-order valence-corrected chi connectivity index (χ4v) is 2.51. The van der Waals surface area contributed by atoms with Crippen LogP contribution in [0.25, 0.3) is 0 Å². The van der Waals surface area contributed by atoms with E-state index in [1.54, 1.807) is 30.3 Å². The fraction of sp³-hybridized carbons (Fsp3) is 0.211. The number of hydrogen-bond acceptors (Lipinski definition) is 4. The monoisotopic (exact) mass is 406 g/mol. The number of halogens is 1. The number of amides is 1. The maximum atomic E-state index is 12.3. The Morgan fingerprint density at radius 3 is 2.48 bits per heavy atom. The summed E-state index contributed by atoms with van der Waals surface area (Å²) in [5.74, 6) is -0.864. The molecule has 27 heavy (non-hydrogen) atoms. The third-order valence-corrected chi connectivity index (χ3v) is 4.24. The van der Waals surface area contributed by atoms with Crippen LogP contribution in [0.5, 0.6) is 5.75 Å². The maximum absolute atomic E-state index is 12.3. The van der Waals surface area contributed by atoms with Crippen molar-refractivity contribution in [2.75, 3.05) is 5.32 Å². The minimum atomic E-state index is -1.15. The van der Waals surface area contributed by atoms with Crippen LogP contribution in [0.1, 0.15) is 41.0 Å². The minimum absolute atomic E-state index is 0.0404. The molecule has 0 aromatic heterocycles. The first kappa shape index (κ1) is 20.7. The highest BCUT2D eigenvalue weighted by Crippen LogP contribution is 2.20. The second-order valence-electron chi connectivity index (χ2n) is 5.77. The molecule has 0 spiro atoms. The van der Waals surface area contributed by atoms with Crippen molar-refractivity contribution in [3.05, 3.63) is 58.6 Å². The number of anilines is 1. The normalized spacial score (nSPS) is 11.4. The Labute approximate surface area is 167 Å². The zero-order chi connectivity index (χ0) is 20.0. The molecule has 0 fully saturated rings. The molecule has 0 aliphatic carbocycles.